The van der Waals surface area contributed by atoms with Crippen molar-refractivity contribution in [1.29, 1.82) is 5.41 Å². The smallest absolute Gasteiger partial charge is 0.387 e. The first-order valence-electron chi connectivity index (χ1n) is 14.2. The molecule has 2 aromatic carbocycles. The van der Waals surface area contributed by atoms with Crippen molar-refractivity contribution in [3.05, 3.63) is 83.2 Å². The van der Waals surface area contributed by atoms with Gasteiger partial charge in [-0.25, -0.2) is 19.6 Å². The number of hydrazine groups is 1. The first-order chi connectivity index (χ1) is 21.9. The molecule has 0 saturated carbocycles. The number of aromatic amines is 1. The SMILES string of the molecule is Cc1cc(Oc2c(F)cccc2F)ncc1N(N)C(=N)C=C(O)c1cc2cc(OC(F)F)c(C3CCN(C(=O)CN)CC3)cc2[nH]1. The van der Waals surface area contributed by atoms with Crippen LogP contribution in [0.4, 0.5) is 23.2 Å². The summed E-state index contributed by atoms with van der Waals surface area (Å²) in [6.07, 6.45) is 3.38. The van der Waals surface area contributed by atoms with E-state index in [2.05, 4.69) is 9.97 Å². The average molecular weight is 642 g/mol. The number of nitrogens with one attached hydrogen (secondary N) is 2. The molecule has 15 heteroatoms. The Labute approximate surface area is 260 Å². The van der Waals surface area contributed by atoms with Gasteiger partial charge in [-0.1, -0.05) is 6.07 Å². The lowest BCUT2D eigenvalue weighted by atomic mass is 9.88. The summed E-state index contributed by atoms with van der Waals surface area (Å²) in [5, 5.41) is 20.7. The van der Waals surface area contributed by atoms with E-state index >= 15 is 0 Å². The third kappa shape index (κ3) is 6.89. The monoisotopic (exact) mass is 641 g/mol. The van der Waals surface area contributed by atoms with Crippen molar-refractivity contribution >= 4 is 34.1 Å². The highest BCUT2D eigenvalue weighted by molar-refractivity contribution is 6.06. The number of likely N-dealkylation sites (tertiary alicyclic amines) is 1. The van der Waals surface area contributed by atoms with Gasteiger partial charge in [-0.05, 0) is 67.1 Å². The molecule has 0 aliphatic carbocycles. The van der Waals surface area contributed by atoms with Crippen LogP contribution < -0.4 is 26.1 Å². The fourth-order valence-electron chi connectivity index (χ4n) is 5.32. The molecule has 0 radical (unpaired) electrons. The number of nitrogens with two attached hydrogens (primary N) is 2. The number of amides is 1. The summed E-state index contributed by atoms with van der Waals surface area (Å²) in [4.78, 5) is 20.7. The Morgan fingerprint density at radius 2 is 1.91 bits per heavy atom. The lowest BCUT2D eigenvalue weighted by Crippen LogP contribution is -2.41. The number of anilines is 1. The Morgan fingerprint density at radius 1 is 1.22 bits per heavy atom. The van der Waals surface area contributed by atoms with Gasteiger partial charge in [-0.15, -0.1) is 0 Å². The number of para-hydroxylation sites is 1. The molecule has 46 heavy (non-hydrogen) atoms. The number of nitrogens with zero attached hydrogens (tertiary/aromatic N) is 3. The maximum Gasteiger partial charge on any atom is 0.387 e. The Morgan fingerprint density at radius 3 is 2.54 bits per heavy atom. The van der Waals surface area contributed by atoms with Gasteiger partial charge in [0.25, 0.3) is 0 Å². The van der Waals surface area contributed by atoms with Crippen molar-refractivity contribution in [2.24, 2.45) is 11.6 Å². The summed E-state index contributed by atoms with van der Waals surface area (Å²) in [5.41, 5.74) is 7.41. The topological polar surface area (TPSA) is 167 Å². The zero-order valence-corrected chi connectivity index (χ0v) is 24.6. The van der Waals surface area contributed by atoms with Gasteiger partial charge in [0, 0.05) is 36.1 Å². The van der Waals surface area contributed by atoms with E-state index in [1.165, 1.54) is 30.5 Å². The third-order valence-electron chi connectivity index (χ3n) is 7.68. The van der Waals surface area contributed by atoms with Crippen LogP contribution in [-0.4, -0.2) is 58.0 Å². The second-order valence-corrected chi connectivity index (χ2v) is 10.6. The molecule has 4 aromatic rings. The summed E-state index contributed by atoms with van der Waals surface area (Å²) in [6, 6.07) is 9.32. The number of aryl methyl sites for hydroxylation is 1. The Hall–Kier alpha value is -5.15. The molecule has 1 aliphatic rings. The van der Waals surface area contributed by atoms with Crippen LogP contribution in [0.5, 0.6) is 17.4 Å². The molecule has 7 N–H and O–H groups in total. The van der Waals surface area contributed by atoms with E-state index in [0.29, 0.717) is 48.0 Å². The highest BCUT2D eigenvalue weighted by Gasteiger charge is 2.27. The molecule has 0 atom stereocenters. The summed E-state index contributed by atoms with van der Waals surface area (Å²) >= 11 is 0. The number of rotatable bonds is 9. The molecule has 1 saturated heterocycles. The van der Waals surface area contributed by atoms with Gasteiger partial charge in [0.15, 0.2) is 11.6 Å². The maximum atomic E-state index is 14.0. The average Bonchev–Trinajstić information content (AvgIpc) is 3.45. The minimum atomic E-state index is -3.06. The van der Waals surface area contributed by atoms with E-state index in [0.717, 1.165) is 23.2 Å². The number of aromatic nitrogens is 2. The number of hydrogen-bond acceptors (Lipinski definition) is 8. The Bertz CT molecular complexity index is 1780. The van der Waals surface area contributed by atoms with Gasteiger partial charge < -0.3 is 30.2 Å². The van der Waals surface area contributed by atoms with E-state index in [1.807, 2.05) is 0 Å². The number of amidine groups is 1. The molecular formula is C31H31F4N7O4. The zero-order valence-electron chi connectivity index (χ0n) is 24.6. The fourth-order valence-corrected chi connectivity index (χ4v) is 5.32. The number of pyridine rings is 1. The number of piperidine rings is 1. The van der Waals surface area contributed by atoms with Gasteiger partial charge in [0.1, 0.15) is 17.3 Å². The molecular weight excluding hydrogens is 610 g/mol. The number of alkyl halides is 2. The lowest BCUT2D eigenvalue weighted by molar-refractivity contribution is -0.130. The Balaban J connectivity index is 1.35. The lowest BCUT2D eigenvalue weighted by Gasteiger charge is -2.32. The standard InChI is InChI=1S/C31H31F4N7O4/c1-16-9-28(46-30-20(32)3-2-4-21(30)33)39-15-24(16)42(38)27(37)13-25(43)23-10-18-11-26(45-31(34)35)19(12-22(18)40-23)17-5-7-41(8-6-17)29(44)14-36/h2-4,9-13,15,17,31,37,40,43H,5-8,14,36,38H2,1H3. The second-order valence-electron chi connectivity index (χ2n) is 10.6. The van der Waals surface area contributed by atoms with E-state index in [1.54, 1.807) is 17.9 Å². The number of carbonyl (C=O) groups is 1. The number of H-pyrrole nitrogens is 1. The summed E-state index contributed by atoms with van der Waals surface area (Å²) < 4.78 is 64.7. The van der Waals surface area contributed by atoms with Crippen molar-refractivity contribution in [2.45, 2.75) is 32.3 Å². The first-order valence-corrected chi connectivity index (χ1v) is 14.2. The number of ether oxygens (including phenoxy) is 2. The molecule has 0 unspecified atom stereocenters. The van der Waals surface area contributed by atoms with E-state index in [4.69, 9.17) is 26.5 Å². The maximum absolute atomic E-state index is 14.0. The van der Waals surface area contributed by atoms with Gasteiger partial charge in [0.05, 0.1) is 24.1 Å². The predicted octanol–water partition coefficient (Wildman–Crippen LogP) is 5.46. The second kappa shape index (κ2) is 13.5. The van der Waals surface area contributed by atoms with Crippen LogP contribution in [0.3, 0.4) is 0 Å². The highest BCUT2D eigenvalue weighted by atomic mass is 19.3. The van der Waals surface area contributed by atoms with Crippen molar-refractivity contribution < 1.29 is 36.9 Å². The number of carbonyl (C=O) groups excluding carboxylic acids is 1. The van der Waals surface area contributed by atoms with E-state index in [-0.39, 0.29) is 53.0 Å². The number of benzene rings is 2. The quantitative estimate of drug-likeness (QED) is 0.0401. The molecule has 2 aromatic heterocycles. The molecule has 5 rings (SSSR count). The molecule has 1 fully saturated rings. The van der Waals surface area contributed by atoms with Crippen molar-refractivity contribution in [1.82, 2.24) is 14.9 Å². The minimum Gasteiger partial charge on any atom is -0.506 e. The largest absolute Gasteiger partial charge is 0.506 e. The Kier molecular flexibility index (Phi) is 9.44. The van der Waals surface area contributed by atoms with Crippen molar-refractivity contribution in [3.8, 4) is 17.4 Å². The summed E-state index contributed by atoms with van der Waals surface area (Å²) in [6.45, 7) is -0.684. The number of fused-ring (bicyclic) bond motifs is 1. The molecule has 0 spiro atoms. The third-order valence-corrected chi connectivity index (χ3v) is 7.68. The molecule has 3 heterocycles. The molecule has 0 bridgehead atoms. The number of halogens is 4. The van der Waals surface area contributed by atoms with Crippen LogP contribution in [0.2, 0.25) is 0 Å². The summed E-state index contributed by atoms with van der Waals surface area (Å²) in [7, 11) is 0. The van der Waals surface area contributed by atoms with Gasteiger partial charge in [-0.3, -0.25) is 15.2 Å². The minimum absolute atomic E-state index is 0.00543. The number of hydrogen-bond donors (Lipinski definition) is 5. The van der Waals surface area contributed by atoms with Crippen molar-refractivity contribution in [3.63, 3.8) is 0 Å². The fraction of sp³-hybridized carbons (Fsp3) is 0.258. The molecule has 1 aliphatic heterocycles. The first kappa shape index (κ1) is 32.2. The number of aliphatic hydroxyl groups is 1. The van der Waals surface area contributed by atoms with Crippen LogP contribution in [0, 0.1) is 24.0 Å². The van der Waals surface area contributed by atoms with Crippen LogP contribution in [0.15, 0.2) is 54.7 Å². The van der Waals surface area contributed by atoms with Gasteiger partial charge >= 0.3 is 6.61 Å². The van der Waals surface area contributed by atoms with Crippen molar-refractivity contribution in [2.75, 3.05) is 24.6 Å². The highest BCUT2D eigenvalue weighted by Crippen LogP contribution is 2.38. The van der Waals surface area contributed by atoms with Gasteiger partial charge in [-0.2, -0.15) is 8.78 Å². The summed E-state index contributed by atoms with van der Waals surface area (Å²) in [5.74, 6) is 2.53. The molecule has 242 valence electrons. The van der Waals surface area contributed by atoms with Crippen LogP contribution in [0.25, 0.3) is 16.7 Å². The molecule has 1 amide bonds. The number of aliphatic hydroxyl groups excluding tert-OH is 1. The zero-order chi connectivity index (χ0) is 33.1. The van der Waals surface area contributed by atoms with E-state index < -0.39 is 24.0 Å². The van der Waals surface area contributed by atoms with Gasteiger partial charge in [0.2, 0.25) is 17.5 Å². The predicted molar refractivity (Wildman–Crippen MR) is 163 cm³/mol. The van der Waals surface area contributed by atoms with Crippen LogP contribution >= 0.6 is 0 Å². The van der Waals surface area contributed by atoms with Crippen LogP contribution in [0.1, 0.15) is 35.6 Å². The molecule has 11 nitrogen and oxygen atoms in total. The van der Waals surface area contributed by atoms with E-state index in [9.17, 15) is 27.5 Å². The normalized spacial score (nSPS) is 14.2. The van der Waals surface area contributed by atoms with Crippen LogP contribution in [-0.2, 0) is 4.79 Å².